The fourth-order valence-corrected chi connectivity index (χ4v) is 2.09. The third-order valence-electron chi connectivity index (χ3n) is 3.33. The molecular formula is C15H25FN2O. The van der Waals surface area contributed by atoms with Crippen molar-refractivity contribution in [3.8, 4) is 0 Å². The van der Waals surface area contributed by atoms with Gasteiger partial charge in [-0.3, -0.25) is 0 Å². The van der Waals surface area contributed by atoms with Crippen LogP contribution < -0.4 is 5.32 Å². The molecule has 0 heterocycles. The molecule has 1 rings (SSSR count). The lowest BCUT2D eigenvalue weighted by Gasteiger charge is -2.22. The Morgan fingerprint density at radius 1 is 1.37 bits per heavy atom. The van der Waals surface area contributed by atoms with Crippen molar-refractivity contribution in [1.82, 2.24) is 10.2 Å². The Labute approximate surface area is 115 Å². The van der Waals surface area contributed by atoms with E-state index >= 15 is 0 Å². The van der Waals surface area contributed by atoms with Crippen LogP contribution in [0.3, 0.4) is 0 Å². The van der Waals surface area contributed by atoms with Crippen molar-refractivity contribution in [2.24, 2.45) is 0 Å². The summed E-state index contributed by atoms with van der Waals surface area (Å²) >= 11 is 0. The zero-order valence-electron chi connectivity index (χ0n) is 12.1. The molecule has 0 spiro atoms. The normalized spacial score (nSPS) is 12.9. The van der Waals surface area contributed by atoms with Crippen LogP contribution in [-0.4, -0.2) is 43.3 Å². The first-order chi connectivity index (χ1) is 9.08. The highest BCUT2D eigenvalue weighted by Crippen LogP contribution is 2.19. The monoisotopic (exact) mass is 268 g/mol. The van der Waals surface area contributed by atoms with Gasteiger partial charge in [-0.2, -0.15) is 0 Å². The van der Waals surface area contributed by atoms with Crippen molar-refractivity contribution in [3.63, 3.8) is 0 Å². The summed E-state index contributed by atoms with van der Waals surface area (Å²) in [6, 6.07) is 5.58. The molecule has 108 valence electrons. The number of rotatable bonds is 8. The van der Waals surface area contributed by atoms with E-state index in [1.54, 1.807) is 13.0 Å². The van der Waals surface area contributed by atoms with Crippen LogP contribution in [0.25, 0.3) is 0 Å². The van der Waals surface area contributed by atoms with E-state index in [-0.39, 0.29) is 18.5 Å². The number of aliphatic hydroxyl groups is 1. The number of nitrogens with zero attached hydrogens (tertiary/aromatic N) is 1. The summed E-state index contributed by atoms with van der Waals surface area (Å²) in [5.41, 5.74) is 1.67. The Morgan fingerprint density at radius 3 is 2.68 bits per heavy atom. The maximum absolute atomic E-state index is 13.6. The second kappa shape index (κ2) is 8.25. The maximum Gasteiger partial charge on any atom is 0.126 e. The summed E-state index contributed by atoms with van der Waals surface area (Å²) in [6.07, 6.45) is 0.896. The maximum atomic E-state index is 13.6. The van der Waals surface area contributed by atoms with Crippen LogP contribution in [0.15, 0.2) is 18.2 Å². The average molecular weight is 268 g/mol. The minimum atomic E-state index is -0.149. The highest BCUT2D eigenvalue weighted by Gasteiger charge is 2.12. The summed E-state index contributed by atoms with van der Waals surface area (Å²) in [5.74, 6) is -0.149. The molecule has 0 aliphatic heterocycles. The number of aliphatic hydroxyl groups excluding tert-OH is 1. The average Bonchev–Trinajstić information content (AvgIpc) is 2.38. The van der Waals surface area contributed by atoms with Gasteiger partial charge in [0, 0.05) is 12.6 Å². The Bertz CT molecular complexity index is 384. The molecule has 4 heteroatoms. The predicted octanol–water partition coefficient (Wildman–Crippen LogP) is 2.10. The van der Waals surface area contributed by atoms with E-state index in [2.05, 4.69) is 17.1 Å². The van der Waals surface area contributed by atoms with Gasteiger partial charge in [0.15, 0.2) is 0 Å². The molecule has 0 aliphatic rings. The molecule has 0 radical (unpaired) electrons. The number of hydrogen-bond acceptors (Lipinski definition) is 3. The van der Waals surface area contributed by atoms with Gasteiger partial charge in [0.25, 0.3) is 0 Å². The van der Waals surface area contributed by atoms with E-state index in [0.717, 1.165) is 25.1 Å². The van der Waals surface area contributed by atoms with Crippen LogP contribution >= 0.6 is 0 Å². The van der Waals surface area contributed by atoms with Gasteiger partial charge in [-0.15, -0.1) is 0 Å². The van der Waals surface area contributed by atoms with Gasteiger partial charge in [0.05, 0.1) is 6.61 Å². The molecular weight excluding hydrogens is 243 g/mol. The SMILES string of the molecule is CCNC(CCN(C)CCO)c1ccc(C)c(F)c1. The van der Waals surface area contributed by atoms with Gasteiger partial charge in [0.1, 0.15) is 5.82 Å². The topological polar surface area (TPSA) is 35.5 Å². The second-order valence-corrected chi connectivity index (χ2v) is 4.93. The molecule has 1 aromatic rings. The van der Waals surface area contributed by atoms with E-state index in [0.29, 0.717) is 12.1 Å². The van der Waals surface area contributed by atoms with Crippen molar-refractivity contribution < 1.29 is 9.50 Å². The second-order valence-electron chi connectivity index (χ2n) is 4.93. The highest BCUT2D eigenvalue weighted by atomic mass is 19.1. The first-order valence-corrected chi connectivity index (χ1v) is 6.87. The van der Waals surface area contributed by atoms with E-state index < -0.39 is 0 Å². The van der Waals surface area contributed by atoms with Crippen LogP contribution in [0.2, 0.25) is 0 Å². The zero-order valence-corrected chi connectivity index (χ0v) is 12.1. The third kappa shape index (κ3) is 5.27. The fourth-order valence-electron chi connectivity index (χ4n) is 2.09. The molecule has 0 amide bonds. The zero-order chi connectivity index (χ0) is 14.3. The number of nitrogens with one attached hydrogen (secondary N) is 1. The number of aryl methyl sites for hydroxylation is 1. The Kier molecular flexibility index (Phi) is 6.99. The standard InChI is InChI=1S/C15H25FN2O/c1-4-17-15(7-8-18(3)9-10-19)13-6-5-12(2)14(16)11-13/h5-6,11,15,17,19H,4,7-10H2,1-3H3. The first-order valence-electron chi connectivity index (χ1n) is 6.87. The Morgan fingerprint density at radius 2 is 2.11 bits per heavy atom. The largest absolute Gasteiger partial charge is 0.395 e. The minimum absolute atomic E-state index is 0.149. The van der Waals surface area contributed by atoms with Gasteiger partial charge in [-0.25, -0.2) is 4.39 Å². The molecule has 19 heavy (non-hydrogen) atoms. The van der Waals surface area contributed by atoms with Crippen molar-refractivity contribution >= 4 is 0 Å². The molecule has 2 N–H and O–H groups in total. The van der Waals surface area contributed by atoms with Gasteiger partial charge >= 0.3 is 0 Å². The summed E-state index contributed by atoms with van der Waals surface area (Å²) in [5, 5.41) is 12.3. The van der Waals surface area contributed by atoms with Crippen LogP contribution in [0.4, 0.5) is 4.39 Å². The van der Waals surface area contributed by atoms with Crippen LogP contribution in [0.5, 0.6) is 0 Å². The van der Waals surface area contributed by atoms with Crippen LogP contribution in [-0.2, 0) is 0 Å². The third-order valence-corrected chi connectivity index (χ3v) is 3.33. The van der Waals surface area contributed by atoms with Crippen LogP contribution in [0, 0.1) is 12.7 Å². The quantitative estimate of drug-likeness (QED) is 0.758. The van der Waals surface area contributed by atoms with E-state index in [9.17, 15) is 4.39 Å². The van der Waals surface area contributed by atoms with E-state index in [1.165, 1.54) is 0 Å². The van der Waals surface area contributed by atoms with Crippen molar-refractivity contribution in [3.05, 3.63) is 35.1 Å². The van der Waals surface area contributed by atoms with E-state index in [1.807, 2.05) is 19.2 Å². The lowest BCUT2D eigenvalue weighted by molar-refractivity contribution is 0.215. The fraction of sp³-hybridized carbons (Fsp3) is 0.600. The number of halogens is 1. The number of hydrogen-bond donors (Lipinski definition) is 2. The molecule has 0 aliphatic carbocycles. The molecule has 1 atom stereocenters. The van der Waals surface area contributed by atoms with Crippen molar-refractivity contribution in [1.29, 1.82) is 0 Å². The molecule has 0 aromatic heterocycles. The lowest BCUT2D eigenvalue weighted by atomic mass is 10.0. The number of likely N-dealkylation sites (N-methyl/N-ethyl adjacent to an activating group) is 1. The summed E-state index contributed by atoms with van der Waals surface area (Å²) in [7, 11) is 1.98. The Hall–Kier alpha value is -0.970. The molecule has 1 aromatic carbocycles. The molecule has 0 saturated heterocycles. The number of benzene rings is 1. The summed E-state index contributed by atoms with van der Waals surface area (Å²) < 4.78 is 13.6. The summed E-state index contributed by atoms with van der Waals surface area (Å²) in [4.78, 5) is 2.08. The van der Waals surface area contributed by atoms with Crippen LogP contribution in [0.1, 0.15) is 30.5 Å². The predicted molar refractivity (Wildman–Crippen MR) is 76.8 cm³/mol. The van der Waals surface area contributed by atoms with Crippen molar-refractivity contribution in [2.45, 2.75) is 26.3 Å². The van der Waals surface area contributed by atoms with Gasteiger partial charge in [-0.1, -0.05) is 19.1 Å². The van der Waals surface area contributed by atoms with E-state index in [4.69, 9.17) is 5.11 Å². The smallest absolute Gasteiger partial charge is 0.126 e. The van der Waals surface area contributed by atoms with Crippen molar-refractivity contribution in [2.75, 3.05) is 33.3 Å². The first kappa shape index (κ1) is 16.1. The Balaban J connectivity index is 2.67. The van der Waals surface area contributed by atoms with Gasteiger partial charge in [0.2, 0.25) is 0 Å². The minimum Gasteiger partial charge on any atom is -0.395 e. The lowest BCUT2D eigenvalue weighted by Crippen LogP contribution is -2.29. The molecule has 0 saturated carbocycles. The highest BCUT2D eigenvalue weighted by molar-refractivity contribution is 5.25. The molecule has 0 fully saturated rings. The van der Waals surface area contributed by atoms with Gasteiger partial charge < -0.3 is 15.3 Å². The molecule has 3 nitrogen and oxygen atoms in total. The molecule has 0 bridgehead atoms. The summed E-state index contributed by atoms with van der Waals surface area (Å²) in [6.45, 7) is 6.38. The van der Waals surface area contributed by atoms with Gasteiger partial charge in [-0.05, 0) is 50.7 Å². The molecule has 1 unspecified atom stereocenters.